The lowest BCUT2D eigenvalue weighted by molar-refractivity contribution is 0.0870. The van der Waals surface area contributed by atoms with Crippen molar-refractivity contribution in [3.8, 4) is 0 Å². The smallest absolute Gasteiger partial charge is 0.289 e. The largest absolute Gasteiger partial charge is 0.346 e. The maximum Gasteiger partial charge on any atom is 0.289 e. The van der Waals surface area contributed by atoms with Crippen molar-refractivity contribution in [2.24, 2.45) is 11.8 Å². The summed E-state index contributed by atoms with van der Waals surface area (Å²) in [6, 6.07) is 0.00448. The second kappa shape index (κ2) is 7.14. The van der Waals surface area contributed by atoms with Crippen LogP contribution in [0.25, 0.3) is 0 Å². The molecule has 2 bridgehead atoms. The summed E-state index contributed by atoms with van der Waals surface area (Å²) in [5.41, 5.74) is 0. The van der Waals surface area contributed by atoms with E-state index in [9.17, 15) is 13.2 Å². The molecule has 1 unspecified atom stereocenters. The van der Waals surface area contributed by atoms with Crippen molar-refractivity contribution in [2.45, 2.75) is 51.1 Å². The van der Waals surface area contributed by atoms with E-state index in [-0.39, 0.29) is 23.8 Å². The molecule has 9 nitrogen and oxygen atoms in total. The van der Waals surface area contributed by atoms with Gasteiger partial charge in [-0.25, -0.2) is 0 Å². The molecule has 1 aromatic rings. The molecule has 1 aliphatic carbocycles. The molecular weight excluding hydrogens is 368 g/mol. The number of hydrogen-bond acceptors (Lipinski definition) is 5. The van der Waals surface area contributed by atoms with Gasteiger partial charge in [-0.05, 0) is 37.5 Å². The van der Waals surface area contributed by atoms with Crippen LogP contribution >= 0.6 is 0 Å². The van der Waals surface area contributed by atoms with E-state index in [0.717, 1.165) is 50.9 Å². The van der Waals surface area contributed by atoms with E-state index in [1.807, 2.05) is 4.57 Å². The summed E-state index contributed by atoms with van der Waals surface area (Å²) in [6.45, 7) is 1.71. The van der Waals surface area contributed by atoms with E-state index in [0.29, 0.717) is 18.9 Å². The van der Waals surface area contributed by atoms with Gasteiger partial charge in [0, 0.05) is 46.2 Å². The zero-order chi connectivity index (χ0) is 19.2. The molecule has 27 heavy (non-hydrogen) atoms. The Labute approximate surface area is 160 Å². The van der Waals surface area contributed by atoms with Gasteiger partial charge in [0.1, 0.15) is 5.82 Å². The number of nitrogens with zero attached hydrogens (tertiary/aromatic N) is 5. The first-order chi connectivity index (χ1) is 12.9. The molecule has 0 aromatic carbocycles. The van der Waals surface area contributed by atoms with E-state index >= 15 is 0 Å². The topological polar surface area (TPSA) is 100 Å². The van der Waals surface area contributed by atoms with E-state index in [1.165, 1.54) is 4.31 Å². The van der Waals surface area contributed by atoms with E-state index < -0.39 is 10.2 Å². The van der Waals surface area contributed by atoms with Crippen molar-refractivity contribution >= 4 is 16.1 Å². The molecule has 3 atom stereocenters. The second-order valence-electron chi connectivity index (χ2n) is 8.11. The van der Waals surface area contributed by atoms with Gasteiger partial charge in [0.15, 0.2) is 0 Å². The molecule has 150 valence electrons. The number of piperidine rings is 1. The van der Waals surface area contributed by atoms with Gasteiger partial charge in [0.05, 0.1) is 0 Å². The summed E-state index contributed by atoms with van der Waals surface area (Å²) in [6.07, 6.45) is 6.01. The molecule has 1 saturated heterocycles. The maximum absolute atomic E-state index is 12.9. The molecule has 0 radical (unpaired) electrons. The van der Waals surface area contributed by atoms with Gasteiger partial charge in [-0.1, -0.05) is 6.42 Å². The molecule has 2 aliphatic heterocycles. The van der Waals surface area contributed by atoms with Crippen molar-refractivity contribution in [3.05, 3.63) is 11.6 Å². The van der Waals surface area contributed by atoms with Gasteiger partial charge in [-0.3, -0.25) is 4.79 Å². The number of amides is 1. The van der Waals surface area contributed by atoms with Crippen LogP contribution in [0.15, 0.2) is 0 Å². The fourth-order valence-corrected chi connectivity index (χ4v) is 5.93. The predicted octanol–water partition coefficient (Wildman–Crippen LogP) is 0.251. The average Bonchev–Trinajstić information content (AvgIpc) is 3.00. The quantitative estimate of drug-likeness (QED) is 0.786. The third kappa shape index (κ3) is 3.38. The Kier molecular flexibility index (Phi) is 4.98. The normalized spacial score (nSPS) is 28.8. The van der Waals surface area contributed by atoms with Crippen molar-refractivity contribution in [1.29, 1.82) is 0 Å². The molecule has 3 aliphatic rings. The zero-order valence-electron chi connectivity index (χ0n) is 16.0. The lowest BCUT2D eigenvalue weighted by atomic mass is 9.93. The molecule has 1 aromatic heterocycles. The fraction of sp³-hybridized carbons (Fsp3) is 0.824. The van der Waals surface area contributed by atoms with E-state index in [1.54, 1.807) is 18.4 Å². The summed E-state index contributed by atoms with van der Waals surface area (Å²) in [5, 5.41) is 11.5. The number of rotatable bonds is 4. The van der Waals surface area contributed by atoms with Crippen LogP contribution in [0.4, 0.5) is 0 Å². The molecule has 0 spiro atoms. The Bertz CT molecular complexity index is 807. The average molecular weight is 397 g/mol. The van der Waals surface area contributed by atoms with Crippen molar-refractivity contribution in [2.75, 3.05) is 27.2 Å². The van der Waals surface area contributed by atoms with Crippen LogP contribution in [-0.4, -0.2) is 70.9 Å². The first kappa shape index (κ1) is 18.8. The molecule has 2 fully saturated rings. The highest BCUT2D eigenvalue weighted by molar-refractivity contribution is 7.86. The third-order valence-corrected chi connectivity index (χ3v) is 8.07. The number of aromatic nitrogens is 3. The zero-order valence-corrected chi connectivity index (χ0v) is 16.8. The number of carbonyl (C=O) groups is 1. The van der Waals surface area contributed by atoms with Crippen LogP contribution in [0, 0.1) is 11.8 Å². The van der Waals surface area contributed by atoms with Gasteiger partial charge < -0.3 is 9.88 Å². The molecule has 1 saturated carbocycles. The summed E-state index contributed by atoms with van der Waals surface area (Å²) >= 11 is 0. The van der Waals surface area contributed by atoms with Crippen LogP contribution in [0.5, 0.6) is 0 Å². The first-order valence-electron chi connectivity index (χ1n) is 9.78. The Hall–Kier alpha value is -1.52. The minimum absolute atomic E-state index is 0.00448. The highest BCUT2D eigenvalue weighted by Crippen LogP contribution is 2.38. The summed E-state index contributed by atoms with van der Waals surface area (Å²) in [5.74, 6) is 1.41. The minimum atomic E-state index is -3.41. The molecule has 1 N–H and O–H groups in total. The standard InChI is InChI=1S/C17H28N6O3S/c1-21(2)27(25,26)22-10-12-7-8-13(11-22)15(12)18-17(24)16-20-19-14-6-4-3-5-9-23(14)16/h12-13,15H,3-11H2,1-2H3,(H,18,24)/t12-,13+,15?. The molecule has 4 rings (SSSR count). The van der Waals surface area contributed by atoms with Crippen LogP contribution < -0.4 is 5.32 Å². The third-order valence-electron chi connectivity index (χ3n) is 6.20. The molecular formula is C17H28N6O3S. The second-order valence-corrected chi connectivity index (χ2v) is 10.2. The predicted molar refractivity (Wildman–Crippen MR) is 99.2 cm³/mol. The van der Waals surface area contributed by atoms with Gasteiger partial charge in [0.2, 0.25) is 5.82 Å². The number of fused-ring (bicyclic) bond motifs is 3. The van der Waals surface area contributed by atoms with Crippen LogP contribution in [0.1, 0.15) is 48.5 Å². The Morgan fingerprint density at radius 3 is 2.48 bits per heavy atom. The van der Waals surface area contributed by atoms with Crippen molar-refractivity contribution < 1.29 is 13.2 Å². The van der Waals surface area contributed by atoms with Gasteiger partial charge in [-0.15, -0.1) is 10.2 Å². The summed E-state index contributed by atoms with van der Waals surface area (Å²) in [7, 11) is -0.294. The van der Waals surface area contributed by atoms with E-state index in [4.69, 9.17) is 0 Å². The van der Waals surface area contributed by atoms with Crippen molar-refractivity contribution in [3.63, 3.8) is 0 Å². The van der Waals surface area contributed by atoms with Crippen LogP contribution in [0.2, 0.25) is 0 Å². The van der Waals surface area contributed by atoms with Crippen molar-refractivity contribution in [1.82, 2.24) is 28.7 Å². The first-order valence-corrected chi connectivity index (χ1v) is 11.2. The molecule has 10 heteroatoms. The van der Waals surface area contributed by atoms with Crippen LogP contribution in [-0.2, 0) is 23.2 Å². The minimum Gasteiger partial charge on any atom is -0.346 e. The highest BCUT2D eigenvalue weighted by Gasteiger charge is 2.46. The lowest BCUT2D eigenvalue weighted by Crippen LogP contribution is -2.55. The highest BCUT2D eigenvalue weighted by atomic mass is 32.2. The Morgan fingerprint density at radius 1 is 1.11 bits per heavy atom. The van der Waals surface area contributed by atoms with Gasteiger partial charge in [-0.2, -0.15) is 17.0 Å². The molecule has 3 heterocycles. The Morgan fingerprint density at radius 2 is 1.81 bits per heavy atom. The van der Waals surface area contributed by atoms with Gasteiger partial charge >= 0.3 is 0 Å². The monoisotopic (exact) mass is 396 g/mol. The van der Waals surface area contributed by atoms with E-state index in [2.05, 4.69) is 15.5 Å². The Balaban J connectivity index is 1.47. The number of hydrogen-bond donors (Lipinski definition) is 1. The number of nitrogens with one attached hydrogen (secondary N) is 1. The number of carbonyl (C=O) groups excluding carboxylic acids is 1. The van der Waals surface area contributed by atoms with Gasteiger partial charge in [0.25, 0.3) is 16.1 Å². The number of aryl methyl sites for hydroxylation is 1. The maximum atomic E-state index is 12.9. The SMILES string of the molecule is CN(C)S(=O)(=O)N1C[C@H]2CC[C@@H](C1)C2NC(=O)c1nnc2n1CCCCC2. The summed E-state index contributed by atoms with van der Waals surface area (Å²) in [4.78, 5) is 12.9. The fourth-order valence-electron chi connectivity index (χ4n) is 4.70. The molecule has 1 amide bonds. The lowest BCUT2D eigenvalue weighted by Gasteiger charge is -2.38. The van der Waals surface area contributed by atoms with Crippen LogP contribution in [0.3, 0.4) is 0 Å². The summed E-state index contributed by atoms with van der Waals surface area (Å²) < 4.78 is 29.7.